The third-order valence-corrected chi connectivity index (χ3v) is 13.2. The molecule has 0 amide bonds. The van der Waals surface area contributed by atoms with Crippen molar-refractivity contribution in [3.05, 3.63) is 106 Å². The van der Waals surface area contributed by atoms with Gasteiger partial charge in [-0.1, -0.05) is 84.6 Å². The normalized spacial score (nSPS) is 21.4. The molecule has 36 heavy (non-hydrogen) atoms. The Kier molecular flexibility index (Phi) is 7.16. The molecule has 1 saturated carbocycles. The van der Waals surface area contributed by atoms with Gasteiger partial charge in [0.1, 0.15) is 4.78 Å². The molecule has 3 atom stereocenters. The molecule has 2 nitrogen and oxygen atoms in total. The zero-order valence-corrected chi connectivity index (χ0v) is 23.7. The smallest absolute Gasteiger partial charge is 0.194 e. The van der Waals surface area contributed by atoms with Crippen LogP contribution in [0.3, 0.4) is 0 Å². The van der Waals surface area contributed by atoms with E-state index in [1.54, 1.807) is 11.8 Å². The summed E-state index contributed by atoms with van der Waals surface area (Å²) >= 11 is 1.70. The number of allylic oxidation sites excluding steroid dienone is 1. The molecule has 0 saturated heterocycles. The van der Waals surface area contributed by atoms with Gasteiger partial charge in [0.05, 0.1) is 6.04 Å². The molecule has 0 aromatic heterocycles. The Morgan fingerprint density at radius 3 is 1.78 bits per heavy atom. The minimum atomic E-state index is -3.12. The van der Waals surface area contributed by atoms with Gasteiger partial charge in [-0.05, 0) is 92.7 Å². The Balaban J connectivity index is 1.63. The molecule has 3 unspecified atom stereocenters. The van der Waals surface area contributed by atoms with Gasteiger partial charge in [0.2, 0.25) is 0 Å². The lowest BCUT2D eigenvalue weighted by molar-refractivity contribution is 0.578. The van der Waals surface area contributed by atoms with Crippen molar-refractivity contribution in [1.82, 2.24) is 0 Å². The summed E-state index contributed by atoms with van der Waals surface area (Å²) in [4.78, 5) is 6.19. The van der Waals surface area contributed by atoms with Gasteiger partial charge < -0.3 is 4.57 Å². The van der Waals surface area contributed by atoms with Gasteiger partial charge in [0.15, 0.2) is 7.14 Å². The van der Waals surface area contributed by atoms with Crippen LogP contribution in [0.25, 0.3) is 0 Å². The van der Waals surface area contributed by atoms with E-state index in [1.807, 2.05) is 60.7 Å². The second-order valence-electron chi connectivity index (χ2n) is 10.4. The summed E-state index contributed by atoms with van der Waals surface area (Å²) < 4.78 is 15.3. The number of hydrogen-bond acceptors (Lipinski definition) is 3. The Labute approximate surface area is 220 Å². The van der Waals surface area contributed by atoms with E-state index in [0.717, 1.165) is 27.6 Å². The van der Waals surface area contributed by atoms with Crippen molar-refractivity contribution in [3.63, 3.8) is 0 Å². The predicted octanol–water partition coefficient (Wildman–Crippen LogP) is 7.80. The fourth-order valence-electron chi connectivity index (χ4n) is 5.83. The maximum atomic E-state index is 15.3. The lowest BCUT2D eigenvalue weighted by Crippen LogP contribution is -2.23. The fraction of sp³-hybridized carbons (Fsp3) is 0.344. The topological polar surface area (TPSA) is 29.4 Å². The summed E-state index contributed by atoms with van der Waals surface area (Å²) in [5.74, 6) is 1.87. The van der Waals surface area contributed by atoms with Crippen LogP contribution in [0, 0.1) is 46.5 Å². The number of aliphatic imine (C=N–C) groups is 1. The monoisotopic (exact) mass is 513 g/mol. The molecule has 4 heteroatoms. The summed E-state index contributed by atoms with van der Waals surface area (Å²) in [5, 5.41) is 1.73. The second kappa shape index (κ2) is 10.2. The fourth-order valence-corrected chi connectivity index (χ4v) is 10.5. The van der Waals surface area contributed by atoms with Crippen LogP contribution in [0.4, 0.5) is 0 Å². The highest BCUT2D eigenvalue weighted by molar-refractivity contribution is 8.29. The summed E-state index contributed by atoms with van der Waals surface area (Å²) in [7, 11) is -3.12. The largest absolute Gasteiger partial charge is 0.306 e. The van der Waals surface area contributed by atoms with Gasteiger partial charge in [-0.25, -0.2) is 0 Å². The van der Waals surface area contributed by atoms with Crippen molar-refractivity contribution in [2.24, 2.45) is 16.8 Å². The average molecular weight is 514 g/mol. The van der Waals surface area contributed by atoms with Crippen LogP contribution >= 0.6 is 18.9 Å². The number of benzene rings is 3. The van der Waals surface area contributed by atoms with E-state index in [2.05, 4.69) is 46.8 Å². The van der Waals surface area contributed by atoms with Gasteiger partial charge in [-0.2, -0.15) is 0 Å². The van der Waals surface area contributed by atoms with Crippen LogP contribution in [0.2, 0.25) is 0 Å². The van der Waals surface area contributed by atoms with Crippen molar-refractivity contribution >= 4 is 34.3 Å². The zero-order valence-electron chi connectivity index (χ0n) is 22.0. The van der Waals surface area contributed by atoms with Gasteiger partial charge in [-0.15, -0.1) is 0 Å². The van der Waals surface area contributed by atoms with E-state index >= 15 is 4.57 Å². The quantitative estimate of drug-likeness (QED) is 0.146. The van der Waals surface area contributed by atoms with E-state index in [0.29, 0.717) is 11.8 Å². The van der Waals surface area contributed by atoms with Crippen LogP contribution in [0.15, 0.2) is 77.8 Å². The number of hydrogen-bond donors (Lipinski definition) is 0. The minimum absolute atomic E-state index is 0.215. The predicted molar refractivity (Wildman–Crippen MR) is 158 cm³/mol. The van der Waals surface area contributed by atoms with Crippen molar-refractivity contribution in [2.45, 2.75) is 59.3 Å². The van der Waals surface area contributed by atoms with Crippen LogP contribution in [0.5, 0.6) is 0 Å². The molecular formula is C32H36NOPS. The number of rotatable bonds is 6. The molecule has 186 valence electrons. The summed E-state index contributed by atoms with van der Waals surface area (Å²) in [6, 6.07) is 20.2. The average Bonchev–Trinajstić information content (AvgIpc) is 3.54. The van der Waals surface area contributed by atoms with Crippen molar-refractivity contribution < 1.29 is 4.57 Å². The van der Waals surface area contributed by atoms with E-state index in [4.69, 9.17) is 4.99 Å². The molecule has 0 aliphatic heterocycles. The molecule has 0 spiro atoms. The highest BCUT2D eigenvalue weighted by Crippen LogP contribution is 2.52. The zero-order chi connectivity index (χ0) is 25.4. The lowest BCUT2D eigenvalue weighted by atomic mass is 9.90. The SMILES string of the molecule is Cc1c(C)c(C)c(CSC(=NC2CC3C=CC2C3)P(=O)(c2ccccc2)c2ccccc2)c(C)c1C. The third-order valence-electron chi connectivity index (χ3n) is 8.53. The Morgan fingerprint density at radius 2 is 1.31 bits per heavy atom. The number of thioether (sulfide) groups is 1. The van der Waals surface area contributed by atoms with Crippen LogP contribution in [-0.4, -0.2) is 10.8 Å². The maximum absolute atomic E-state index is 15.3. The first-order valence-electron chi connectivity index (χ1n) is 13.0. The Bertz CT molecular complexity index is 1300. The van der Waals surface area contributed by atoms with Crippen LogP contribution < -0.4 is 10.6 Å². The number of fused-ring (bicyclic) bond motifs is 2. The number of nitrogens with zero attached hydrogens (tertiary/aromatic N) is 1. The lowest BCUT2D eigenvalue weighted by Gasteiger charge is -2.25. The molecule has 2 aliphatic rings. The highest BCUT2D eigenvalue weighted by Gasteiger charge is 2.39. The molecule has 0 heterocycles. The van der Waals surface area contributed by atoms with Crippen LogP contribution in [-0.2, 0) is 10.3 Å². The van der Waals surface area contributed by atoms with Gasteiger partial charge in [0.25, 0.3) is 0 Å². The molecule has 2 aliphatic carbocycles. The summed E-state index contributed by atoms with van der Waals surface area (Å²) in [5.41, 5.74) is 8.15. The molecule has 1 fully saturated rings. The first-order valence-corrected chi connectivity index (χ1v) is 15.7. The van der Waals surface area contributed by atoms with Crippen molar-refractivity contribution in [2.75, 3.05) is 0 Å². The summed E-state index contributed by atoms with van der Waals surface area (Å²) in [6.45, 7) is 11.1. The van der Waals surface area contributed by atoms with Crippen LogP contribution in [0.1, 0.15) is 46.2 Å². The molecule has 3 aromatic carbocycles. The first kappa shape index (κ1) is 25.3. The molecule has 2 bridgehead atoms. The maximum Gasteiger partial charge on any atom is 0.194 e. The Hall–Kier alpha value is -2.35. The van der Waals surface area contributed by atoms with Gasteiger partial charge in [0, 0.05) is 16.4 Å². The Morgan fingerprint density at radius 1 is 0.778 bits per heavy atom. The minimum Gasteiger partial charge on any atom is -0.306 e. The highest BCUT2D eigenvalue weighted by atomic mass is 32.2. The van der Waals surface area contributed by atoms with E-state index < -0.39 is 7.14 Å². The van der Waals surface area contributed by atoms with Crippen molar-refractivity contribution in [1.29, 1.82) is 0 Å². The van der Waals surface area contributed by atoms with Gasteiger partial charge in [-0.3, -0.25) is 4.99 Å². The third kappa shape index (κ3) is 4.46. The van der Waals surface area contributed by atoms with E-state index in [9.17, 15) is 0 Å². The van der Waals surface area contributed by atoms with E-state index in [1.165, 1.54) is 39.8 Å². The molecule has 0 radical (unpaired) electrons. The van der Waals surface area contributed by atoms with E-state index in [-0.39, 0.29) is 6.04 Å². The molecule has 0 N–H and O–H groups in total. The first-order chi connectivity index (χ1) is 17.3. The molecular weight excluding hydrogens is 477 g/mol. The van der Waals surface area contributed by atoms with Crippen molar-refractivity contribution in [3.8, 4) is 0 Å². The van der Waals surface area contributed by atoms with Gasteiger partial charge >= 0.3 is 0 Å². The molecule has 3 aromatic rings. The summed E-state index contributed by atoms with van der Waals surface area (Å²) in [6.07, 6.45) is 6.93. The molecule has 5 rings (SSSR count). The standard InChI is InChI=1S/C32H36NOPS/c1-21-22(2)24(4)30(25(5)23(21)3)20-36-32(33-31-19-26-16-17-27(31)18-26)35(34,28-12-8-6-9-13-28)29-14-10-7-11-15-29/h6-17,26-27,31H,18-20H2,1-5H3. The second-order valence-corrected chi connectivity index (χ2v) is 14.4.